The molecule has 0 atom stereocenters. The lowest BCUT2D eigenvalue weighted by molar-refractivity contribution is -0.746. The van der Waals surface area contributed by atoms with Gasteiger partial charge in [-0.3, -0.25) is 0 Å². The number of hydrogen-bond donors (Lipinski definition) is 0. The highest BCUT2D eigenvalue weighted by Crippen LogP contribution is 2.49. The number of hydrogen-bond acceptors (Lipinski definition) is 0. The van der Waals surface area contributed by atoms with Gasteiger partial charge in [-0.25, -0.2) is 0 Å². The number of aromatic nitrogens is 1. The van der Waals surface area contributed by atoms with Gasteiger partial charge in [-0.1, -0.05) is 37.6 Å². The number of benzene rings is 2. The summed E-state index contributed by atoms with van der Waals surface area (Å²) in [6.07, 6.45) is 2.24. The van der Waals surface area contributed by atoms with Crippen LogP contribution in [0.4, 0.5) is 0 Å². The molecule has 2 aromatic carbocycles. The Morgan fingerprint density at radius 2 is 1.42 bits per heavy atom. The van der Waals surface area contributed by atoms with Gasteiger partial charge in [0.2, 0.25) is 11.2 Å². The molecular weight excluding hydrogens is 314 g/mol. The second-order valence-corrected chi connectivity index (χ2v) is 8.53. The molecule has 3 aromatic rings. The minimum absolute atomic E-state index is 0.0647. The van der Waals surface area contributed by atoms with E-state index in [0.29, 0.717) is 0 Å². The van der Waals surface area contributed by atoms with Crippen LogP contribution in [0.15, 0.2) is 48.5 Å². The van der Waals surface area contributed by atoms with E-state index in [1.165, 1.54) is 38.9 Å². The average Bonchev–Trinajstić information content (AvgIpc) is 2.62. The summed E-state index contributed by atoms with van der Waals surface area (Å²) in [5.41, 5.74) is 8.40. The molecule has 0 amide bonds. The highest BCUT2D eigenvalue weighted by molar-refractivity contribution is 5.80. The van der Waals surface area contributed by atoms with Gasteiger partial charge in [-0.15, -0.1) is 0 Å². The maximum Gasteiger partial charge on any atom is 0.213 e. The lowest BCUT2D eigenvalue weighted by Crippen LogP contribution is -2.68. The van der Waals surface area contributed by atoms with E-state index >= 15 is 0 Å². The average molecular weight is 345 g/mol. The van der Waals surface area contributed by atoms with Crippen molar-refractivity contribution < 1.29 is 4.57 Å². The summed E-state index contributed by atoms with van der Waals surface area (Å²) >= 11 is 0. The van der Waals surface area contributed by atoms with Crippen molar-refractivity contribution in [1.82, 2.24) is 0 Å². The largest absolute Gasteiger partial charge is 0.213 e. The van der Waals surface area contributed by atoms with Crippen molar-refractivity contribution in [2.24, 2.45) is 0 Å². The van der Waals surface area contributed by atoms with Crippen molar-refractivity contribution in [2.75, 3.05) is 0 Å². The molecule has 0 spiro atoms. The highest BCUT2D eigenvalue weighted by atomic mass is 15.1. The van der Waals surface area contributed by atoms with Gasteiger partial charge in [0.1, 0.15) is 0 Å². The van der Waals surface area contributed by atoms with Crippen LogP contribution >= 0.6 is 0 Å². The van der Waals surface area contributed by atoms with Gasteiger partial charge in [0, 0.05) is 30.4 Å². The first kappa shape index (κ1) is 17.3. The Hall–Kier alpha value is -2.15. The number of nitrogens with zero attached hydrogens (tertiary/aromatic N) is 1. The molecule has 0 bridgehead atoms. The van der Waals surface area contributed by atoms with Gasteiger partial charge >= 0.3 is 0 Å². The molecule has 0 unspecified atom stereocenters. The molecule has 0 saturated heterocycles. The zero-order chi connectivity index (χ0) is 18.7. The molecule has 1 heteroatoms. The van der Waals surface area contributed by atoms with Crippen molar-refractivity contribution in [2.45, 2.75) is 65.3 Å². The second kappa shape index (κ2) is 5.67. The Bertz CT molecular complexity index is 1010. The molecule has 0 radical (unpaired) electrons. The maximum atomic E-state index is 2.68. The Morgan fingerprint density at radius 3 is 2.12 bits per heavy atom. The first-order valence-corrected chi connectivity index (χ1v) is 9.93. The molecule has 1 aliphatic rings. The third kappa shape index (κ3) is 2.06. The molecule has 2 heterocycles. The fourth-order valence-corrected chi connectivity index (χ4v) is 5.43. The topological polar surface area (TPSA) is 3.88 Å². The van der Waals surface area contributed by atoms with Crippen LogP contribution in [0.3, 0.4) is 0 Å². The number of pyridine rings is 1. The summed E-state index contributed by atoms with van der Waals surface area (Å²) in [5.74, 6) is 0. The van der Waals surface area contributed by atoms with Crippen LogP contribution in [-0.2, 0) is 11.0 Å². The van der Waals surface area contributed by atoms with E-state index in [1.807, 2.05) is 0 Å². The van der Waals surface area contributed by atoms with Crippen molar-refractivity contribution in [3.8, 4) is 11.3 Å². The number of rotatable bonds is 2. The Kier molecular flexibility index (Phi) is 3.77. The van der Waals surface area contributed by atoms with Crippen LogP contribution in [0.1, 0.15) is 57.2 Å². The molecule has 0 N–H and O–H groups in total. The van der Waals surface area contributed by atoms with E-state index < -0.39 is 0 Å². The quantitative estimate of drug-likeness (QED) is 0.486. The molecule has 1 nitrogen and oxygen atoms in total. The van der Waals surface area contributed by atoms with Crippen molar-refractivity contribution in [3.63, 3.8) is 0 Å². The highest BCUT2D eigenvalue weighted by Gasteiger charge is 2.57. The Labute approximate surface area is 157 Å². The van der Waals surface area contributed by atoms with Crippen LogP contribution in [0.2, 0.25) is 0 Å². The minimum Gasteiger partial charge on any atom is -0.185 e. The summed E-state index contributed by atoms with van der Waals surface area (Å²) in [7, 11) is 0. The molecule has 0 saturated carbocycles. The summed E-state index contributed by atoms with van der Waals surface area (Å²) in [6, 6.07) is 18.5. The molecule has 0 fully saturated rings. The minimum atomic E-state index is 0.0647. The SMILES string of the molecule is CCC1(CC)[n+]2c(ccc3ccc(C)cc32)-c2cc(C)ccc2C1(C)C. The maximum absolute atomic E-state index is 2.68. The molecule has 1 aromatic heterocycles. The molecule has 26 heavy (non-hydrogen) atoms. The standard InChI is InChI=1S/C25H30N/c1-7-25(8-2)24(5,6)21-13-10-17(3)15-20(21)22-14-12-19-11-9-18(4)16-23(19)26(22)25/h9-16H,7-8H2,1-6H3/q+1. The number of fused-ring (bicyclic) bond motifs is 5. The van der Waals surface area contributed by atoms with Gasteiger partial charge in [0.05, 0.1) is 11.0 Å². The van der Waals surface area contributed by atoms with E-state index in [9.17, 15) is 0 Å². The third-order valence-corrected chi connectivity index (χ3v) is 6.97. The van der Waals surface area contributed by atoms with E-state index in [-0.39, 0.29) is 11.0 Å². The lowest BCUT2D eigenvalue weighted by Gasteiger charge is -2.46. The third-order valence-electron chi connectivity index (χ3n) is 6.97. The van der Waals surface area contributed by atoms with Gasteiger partial charge in [0.15, 0.2) is 5.54 Å². The molecular formula is C25H30N+. The van der Waals surface area contributed by atoms with Crippen LogP contribution in [-0.4, -0.2) is 0 Å². The summed E-state index contributed by atoms with van der Waals surface area (Å²) in [6.45, 7) is 14.0. The van der Waals surface area contributed by atoms with Crippen molar-refractivity contribution in [3.05, 3.63) is 65.2 Å². The van der Waals surface area contributed by atoms with E-state index in [4.69, 9.17) is 0 Å². The Morgan fingerprint density at radius 1 is 0.808 bits per heavy atom. The lowest BCUT2D eigenvalue weighted by atomic mass is 9.61. The predicted molar refractivity (Wildman–Crippen MR) is 111 cm³/mol. The molecule has 4 rings (SSSR count). The van der Waals surface area contributed by atoms with E-state index in [1.54, 1.807) is 0 Å². The van der Waals surface area contributed by atoms with E-state index in [0.717, 1.165) is 12.8 Å². The van der Waals surface area contributed by atoms with Crippen molar-refractivity contribution in [1.29, 1.82) is 0 Å². The second-order valence-electron chi connectivity index (χ2n) is 8.53. The Balaban J connectivity index is 2.24. The fourth-order valence-electron chi connectivity index (χ4n) is 5.43. The van der Waals surface area contributed by atoms with Crippen LogP contribution in [0.25, 0.3) is 22.2 Å². The fraction of sp³-hybridized carbons (Fsp3) is 0.400. The van der Waals surface area contributed by atoms with Crippen molar-refractivity contribution >= 4 is 10.9 Å². The van der Waals surface area contributed by atoms with Gasteiger partial charge in [-0.2, -0.15) is 4.57 Å². The zero-order valence-corrected chi connectivity index (χ0v) is 17.0. The molecule has 0 aliphatic carbocycles. The van der Waals surface area contributed by atoms with Crippen LogP contribution < -0.4 is 4.57 Å². The van der Waals surface area contributed by atoms with Gasteiger partial charge in [0.25, 0.3) is 0 Å². The summed E-state index contributed by atoms with van der Waals surface area (Å²) < 4.78 is 2.68. The van der Waals surface area contributed by atoms with Crippen LogP contribution in [0.5, 0.6) is 0 Å². The zero-order valence-electron chi connectivity index (χ0n) is 17.0. The van der Waals surface area contributed by atoms with Gasteiger partial charge < -0.3 is 0 Å². The normalized spacial score (nSPS) is 17.0. The smallest absolute Gasteiger partial charge is 0.185 e. The molecule has 134 valence electrons. The summed E-state index contributed by atoms with van der Waals surface area (Å²) in [4.78, 5) is 0. The van der Waals surface area contributed by atoms with E-state index in [2.05, 4.69) is 94.6 Å². The first-order valence-electron chi connectivity index (χ1n) is 9.93. The number of aryl methyl sites for hydroxylation is 2. The first-order chi connectivity index (χ1) is 12.4. The summed E-state index contributed by atoms with van der Waals surface area (Å²) in [5, 5.41) is 1.33. The predicted octanol–water partition coefficient (Wildman–Crippen LogP) is 6.22. The molecule has 1 aliphatic heterocycles. The monoisotopic (exact) mass is 344 g/mol. The van der Waals surface area contributed by atoms with Gasteiger partial charge in [-0.05, 0) is 57.0 Å². The van der Waals surface area contributed by atoms with Crippen LogP contribution in [0, 0.1) is 13.8 Å².